The van der Waals surface area contributed by atoms with Crippen molar-refractivity contribution in [2.45, 2.75) is 11.8 Å². The summed E-state index contributed by atoms with van der Waals surface area (Å²) >= 11 is 0.942. The van der Waals surface area contributed by atoms with Gasteiger partial charge in [0.15, 0.2) is 4.90 Å². The highest BCUT2D eigenvalue weighted by Gasteiger charge is 2.25. The monoisotopic (exact) mass is 306 g/mol. The van der Waals surface area contributed by atoms with E-state index in [4.69, 9.17) is 5.73 Å². The van der Waals surface area contributed by atoms with E-state index in [1.165, 1.54) is 0 Å². The number of nitrogens with one attached hydrogen (secondary N) is 1. The van der Waals surface area contributed by atoms with Crippen molar-refractivity contribution < 1.29 is 17.2 Å². The zero-order chi connectivity index (χ0) is 14.2. The van der Waals surface area contributed by atoms with Gasteiger partial charge in [0.05, 0.1) is 0 Å². The van der Waals surface area contributed by atoms with Crippen LogP contribution >= 0.6 is 11.3 Å². The average molecular weight is 306 g/mol. The maximum absolute atomic E-state index is 13.5. The Balaban J connectivity index is 2.45. The molecule has 0 saturated carbocycles. The van der Waals surface area contributed by atoms with Gasteiger partial charge in [0.2, 0.25) is 5.13 Å². The quantitative estimate of drug-likeness (QED) is 0.838. The fourth-order valence-corrected chi connectivity index (χ4v) is 3.28. The van der Waals surface area contributed by atoms with Crippen LogP contribution in [0.3, 0.4) is 0 Å². The number of hydrogen-bond acceptors (Lipinski definition) is 6. The molecule has 3 N–H and O–H groups in total. The highest BCUT2D eigenvalue weighted by molar-refractivity contribution is 7.93. The van der Waals surface area contributed by atoms with E-state index in [9.17, 15) is 17.2 Å². The summed E-state index contributed by atoms with van der Waals surface area (Å²) in [5, 5.41) is 7.53. The number of halogens is 2. The Labute approximate surface area is 111 Å². The Kier molecular flexibility index (Phi) is 3.37. The number of nitrogen functional groups attached to an aromatic ring is 1. The van der Waals surface area contributed by atoms with Gasteiger partial charge in [-0.1, -0.05) is 11.3 Å². The molecule has 0 amide bonds. The van der Waals surface area contributed by atoms with Gasteiger partial charge in [-0.05, 0) is 19.1 Å². The SMILES string of the molecule is Cc1nnc(NS(=O)(=O)c2c(F)cc(N)cc2F)s1. The number of aromatic nitrogens is 2. The van der Waals surface area contributed by atoms with Crippen LogP contribution in [0.1, 0.15) is 5.01 Å². The van der Waals surface area contributed by atoms with Crippen LogP contribution in [-0.2, 0) is 10.0 Å². The second-order valence-corrected chi connectivity index (χ2v) is 6.35. The van der Waals surface area contributed by atoms with Gasteiger partial charge < -0.3 is 5.73 Å². The topological polar surface area (TPSA) is 98.0 Å². The summed E-state index contributed by atoms with van der Waals surface area (Å²) in [5.41, 5.74) is 5.00. The van der Waals surface area contributed by atoms with Gasteiger partial charge in [0, 0.05) is 5.69 Å². The Hall–Kier alpha value is -1.81. The molecular formula is C9H8F2N4O2S2. The van der Waals surface area contributed by atoms with Crippen molar-refractivity contribution in [1.82, 2.24) is 10.2 Å². The van der Waals surface area contributed by atoms with Gasteiger partial charge in [0.25, 0.3) is 10.0 Å². The van der Waals surface area contributed by atoms with Crippen LogP contribution in [0.5, 0.6) is 0 Å². The highest BCUT2D eigenvalue weighted by atomic mass is 32.2. The largest absolute Gasteiger partial charge is 0.399 e. The first kappa shape index (κ1) is 13.6. The van der Waals surface area contributed by atoms with Crippen molar-refractivity contribution in [3.8, 4) is 0 Å². The molecule has 1 aromatic carbocycles. The molecular weight excluding hydrogens is 298 g/mol. The van der Waals surface area contributed by atoms with E-state index in [0.29, 0.717) is 5.01 Å². The van der Waals surface area contributed by atoms with Crippen molar-refractivity contribution >= 4 is 32.2 Å². The molecule has 0 fully saturated rings. The minimum atomic E-state index is -4.43. The van der Waals surface area contributed by atoms with Gasteiger partial charge in [-0.2, -0.15) is 0 Å². The molecule has 6 nitrogen and oxygen atoms in total. The van der Waals surface area contributed by atoms with Crippen molar-refractivity contribution in [3.63, 3.8) is 0 Å². The average Bonchev–Trinajstić information content (AvgIpc) is 2.60. The first-order valence-corrected chi connectivity index (χ1v) is 7.17. The van der Waals surface area contributed by atoms with Crippen LogP contribution in [0.15, 0.2) is 17.0 Å². The Morgan fingerprint density at radius 2 is 1.84 bits per heavy atom. The zero-order valence-corrected chi connectivity index (χ0v) is 11.1. The number of aryl methyl sites for hydroxylation is 1. The van der Waals surface area contributed by atoms with E-state index in [1.54, 1.807) is 6.92 Å². The molecule has 2 aromatic rings. The molecule has 0 unspecified atom stereocenters. The minimum Gasteiger partial charge on any atom is -0.399 e. The molecule has 0 atom stereocenters. The van der Waals surface area contributed by atoms with Gasteiger partial charge in [0.1, 0.15) is 16.6 Å². The molecule has 0 aliphatic heterocycles. The fraction of sp³-hybridized carbons (Fsp3) is 0.111. The molecule has 0 bridgehead atoms. The normalized spacial score (nSPS) is 11.5. The Bertz CT molecular complexity index is 707. The van der Waals surface area contributed by atoms with Crippen molar-refractivity contribution in [2.75, 3.05) is 10.5 Å². The van der Waals surface area contributed by atoms with Crippen LogP contribution in [-0.4, -0.2) is 18.6 Å². The molecule has 0 spiro atoms. The number of anilines is 2. The maximum atomic E-state index is 13.5. The van der Waals surface area contributed by atoms with Crippen LogP contribution in [0.4, 0.5) is 19.6 Å². The molecule has 19 heavy (non-hydrogen) atoms. The third-order valence-corrected chi connectivity index (χ3v) is 4.31. The van der Waals surface area contributed by atoms with Crippen LogP contribution < -0.4 is 10.5 Å². The second kappa shape index (κ2) is 4.70. The first-order chi connectivity index (χ1) is 8.79. The Morgan fingerprint density at radius 3 is 2.32 bits per heavy atom. The molecule has 0 aliphatic rings. The second-order valence-electron chi connectivity index (χ2n) is 3.55. The maximum Gasteiger partial charge on any atom is 0.269 e. The van der Waals surface area contributed by atoms with E-state index in [1.807, 2.05) is 4.72 Å². The molecule has 0 saturated heterocycles. The summed E-state index contributed by atoms with van der Waals surface area (Å²) in [6.45, 7) is 1.61. The first-order valence-electron chi connectivity index (χ1n) is 4.87. The van der Waals surface area contributed by atoms with Gasteiger partial charge >= 0.3 is 0 Å². The summed E-state index contributed by atoms with van der Waals surface area (Å²) < 4.78 is 52.8. The molecule has 0 radical (unpaired) electrons. The van der Waals surface area contributed by atoms with Crippen LogP contribution in [0.25, 0.3) is 0 Å². The summed E-state index contributed by atoms with van der Waals surface area (Å²) in [4.78, 5) is -1.10. The van der Waals surface area contributed by atoms with Crippen LogP contribution in [0.2, 0.25) is 0 Å². The van der Waals surface area contributed by atoms with Gasteiger partial charge in [-0.15, -0.1) is 10.2 Å². The third kappa shape index (κ3) is 2.79. The zero-order valence-electron chi connectivity index (χ0n) is 9.52. The Morgan fingerprint density at radius 1 is 1.26 bits per heavy atom. The lowest BCUT2D eigenvalue weighted by atomic mass is 10.3. The number of hydrogen-bond donors (Lipinski definition) is 2. The van der Waals surface area contributed by atoms with E-state index in [-0.39, 0.29) is 10.8 Å². The molecule has 10 heteroatoms. The summed E-state index contributed by atoms with van der Waals surface area (Å²) in [7, 11) is -4.43. The molecule has 1 aromatic heterocycles. The van der Waals surface area contributed by atoms with Crippen LogP contribution in [0, 0.1) is 18.6 Å². The summed E-state index contributed by atoms with van der Waals surface area (Å²) in [6, 6.07) is 1.45. The predicted octanol–water partition coefficient (Wildman–Crippen LogP) is 1.51. The summed E-state index contributed by atoms with van der Waals surface area (Å²) in [5.74, 6) is -2.54. The van der Waals surface area contributed by atoms with E-state index >= 15 is 0 Å². The van der Waals surface area contributed by atoms with Crippen molar-refractivity contribution in [3.05, 3.63) is 28.8 Å². The van der Waals surface area contributed by atoms with Gasteiger partial charge in [-0.3, -0.25) is 4.72 Å². The van der Waals surface area contributed by atoms with Crippen molar-refractivity contribution in [1.29, 1.82) is 0 Å². The number of benzene rings is 1. The lowest BCUT2D eigenvalue weighted by Gasteiger charge is -2.07. The minimum absolute atomic E-state index is 0.0758. The summed E-state index contributed by atoms with van der Waals surface area (Å²) in [6.07, 6.45) is 0. The fourth-order valence-electron chi connectivity index (χ4n) is 1.34. The van der Waals surface area contributed by atoms with E-state index in [2.05, 4.69) is 10.2 Å². The molecule has 2 rings (SSSR count). The number of sulfonamides is 1. The van der Waals surface area contributed by atoms with E-state index < -0.39 is 26.6 Å². The number of nitrogens with zero attached hydrogens (tertiary/aromatic N) is 2. The standard InChI is InChI=1S/C9H8F2N4O2S2/c1-4-13-14-9(18-4)15-19(16,17)8-6(10)2-5(12)3-7(8)11/h2-3H,12H2,1H3,(H,14,15). The van der Waals surface area contributed by atoms with Gasteiger partial charge in [-0.25, -0.2) is 17.2 Å². The highest BCUT2D eigenvalue weighted by Crippen LogP contribution is 2.25. The van der Waals surface area contributed by atoms with Crippen molar-refractivity contribution in [2.24, 2.45) is 0 Å². The predicted molar refractivity (Wildman–Crippen MR) is 66.2 cm³/mol. The van der Waals surface area contributed by atoms with E-state index in [0.717, 1.165) is 23.5 Å². The third-order valence-electron chi connectivity index (χ3n) is 2.04. The molecule has 102 valence electrons. The lowest BCUT2D eigenvalue weighted by Crippen LogP contribution is -2.16. The smallest absolute Gasteiger partial charge is 0.269 e. The molecule has 1 heterocycles. The lowest BCUT2D eigenvalue weighted by molar-refractivity contribution is 0.522. The number of nitrogens with two attached hydrogens (primary N) is 1. The molecule has 0 aliphatic carbocycles. The number of rotatable bonds is 3.